The van der Waals surface area contributed by atoms with Crippen molar-refractivity contribution in [1.82, 2.24) is 5.32 Å². The maximum Gasteiger partial charge on any atom is 0.260 e. The molecule has 2 aliphatic heterocycles. The van der Waals surface area contributed by atoms with Crippen molar-refractivity contribution in [3.8, 4) is 0 Å². The van der Waals surface area contributed by atoms with Gasteiger partial charge in [-0.1, -0.05) is 25.1 Å². The molecule has 1 amide bonds. The molecule has 4 nitrogen and oxygen atoms in total. The van der Waals surface area contributed by atoms with Crippen LogP contribution >= 0.6 is 0 Å². The Hall–Kier alpha value is -2.66. The smallest absolute Gasteiger partial charge is 0.260 e. The van der Waals surface area contributed by atoms with Crippen molar-refractivity contribution < 1.29 is 13.9 Å². The summed E-state index contributed by atoms with van der Waals surface area (Å²) in [4.78, 5) is 12.5. The van der Waals surface area contributed by atoms with Gasteiger partial charge in [-0.15, -0.1) is 0 Å². The molecule has 2 aromatic carbocycles. The van der Waals surface area contributed by atoms with Crippen LogP contribution in [0.25, 0.3) is 11.3 Å². The Balaban J connectivity index is 1.83. The quantitative estimate of drug-likeness (QED) is 0.836. The van der Waals surface area contributed by atoms with Crippen molar-refractivity contribution in [2.24, 2.45) is 0 Å². The van der Waals surface area contributed by atoms with E-state index in [0.29, 0.717) is 22.6 Å². The fourth-order valence-electron chi connectivity index (χ4n) is 3.40. The van der Waals surface area contributed by atoms with Gasteiger partial charge in [0.25, 0.3) is 5.91 Å². The maximum absolute atomic E-state index is 13.7. The van der Waals surface area contributed by atoms with E-state index in [2.05, 4.69) is 23.6 Å². The predicted octanol–water partition coefficient (Wildman–Crippen LogP) is 3.85. The standard InChI is InChI=1S/C20H19FN2O2/c1-3-22-10-12-4-6-14-15(8-12)11(2)25-19(14)18-16-9-13(21)5-7-17(16)23-20(18)24/h4-9,11,22H,3,10H2,1-2H3,(H,23,24)/b19-18+. The molecule has 0 saturated carbocycles. The summed E-state index contributed by atoms with van der Waals surface area (Å²) in [7, 11) is 0. The third-order valence-corrected chi connectivity index (χ3v) is 4.63. The Labute approximate surface area is 145 Å². The van der Waals surface area contributed by atoms with Crippen LogP contribution in [0.2, 0.25) is 0 Å². The van der Waals surface area contributed by atoms with Gasteiger partial charge < -0.3 is 15.4 Å². The van der Waals surface area contributed by atoms with Crippen LogP contribution in [-0.2, 0) is 16.1 Å². The van der Waals surface area contributed by atoms with Gasteiger partial charge in [0, 0.05) is 28.9 Å². The van der Waals surface area contributed by atoms with Crippen LogP contribution in [0.4, 0.5) is 10.1 Å². The Morgan fingerprint density at radius 3 is 2.84 bits per heavy atom. The molecule has 5 heteroatoms. The largest absolute Gasteiger partial charge is 0.484 e. The van der Waals surface area contributed by atoms with Crippen molar-refractivity contribution in [2.75, 3.05) is 11.9 Å². The number of halogens is 1. The minimum absolute atomic E-state index is 0.149. The second-order valence-corrected chi connectivity index (χ2v) is 6.31. The van der Waals surface area contributed by atoms with E-state index in [1.807, 2.05) is 19.1 Å². The SMILES string of the molecule is CCNCc1ccc2c(c1)C(C)O/C2=C1/C(=O)Nc2ccc(F)cc21. The lowest BCUT2D eigenvalue weighted by atomic mass is 9.97. The lowest BCUT2D eigenvalue weighted by molar-refractivity contribution is -0.110. The summed E-state index contributed by atoms with van der Waals surface area (Å²) < 4.78 is 19.7. The van der Waals surface area contributed by atoms with E-state index in [9.17, 15) is 9.18 Å². The molecule has 128 valence electrons. The molecule has 2 aromatic rings. The molecular weight excluding hydrogens is 319 g/mol. The van der Waals surface area contributed by atoms with E-state index < -0.39 is 0 Å². The van der Waals surface area contributed by atoms with E-state index in [4.69, 9.17) is 4.74 Å². The maximum atomic E-state index is 13.7. The fourth-order valence-corrected chi connectivity index (χ4v) is 3.40. The average Bonchev–Trinajstić information content (AvgIpc) is 3.09. The molecule has 25 heavy (non-hydrogen) atoms. The van der Waals surface area contributed by atoms with E-state index in [-0.39, 0.29) is 17.8 Å². The van der Waals surface area contributed by atoms with Crippen LogP contribution in [0.5, 0.6) is 0 Å². The van der Waals surface area contributed by atoms with Gasteiger partial charge in [0.05, 0.1) is 5.57 Å². The van der Waals surface area contributed by atoms with Gasteiger partial charge in [0.15, 0.2) is 0 Å². The summed E-state index contributed by atoms with van der Waals surface area (Å²) in [5, 5.41) is 6.09. The highest BCUT2D eigenvalue weighted by Crippen LogP contribution is 2.45. The van der Waals surface area contributed by atoms with Gasteiger partial charge in [0.1, 0.15) is 17.7 Å². The number of benzene rings is 2. The van der Waals surface area contributed by atoms with Crippen molar-refractivity contribution in [2.45, 2.75) is 26.5 Å². The average molecular weight is 338 g/mol. The molecule has 0 bridgehead atoms. The minimum atomic E-state index is -0.374. The fraction of sp³-hybridized carbons (Fsp3) is 0.250. The molecule has 1 atom stereocenters. The summed E-state index contributed by atoms with van der Waals surface area (Å²) in [5.74, 6) is -0.104. The molecule has 0 radical (unpaired) electrons. The van der Waals surface area contributed by atoms with Crippen LogP contribution in [0.1, 0.15) is 42.2 Å². The topological polar surface area (TPSA) is 50.4 Å². The number of ether oxygens (including phenoxy) is 1. The highest BCUT2D eigenvalue weighted by Gasteiger charge is 2.35. The molecule has 0 fully saturated rings. The number of rotatable bonds is 3. The second-order valence-electron chi connectivity index (χ2n) is 6.31. The molecule has 2 heterocycles. The van der Waals surface area contributed by atoms with Crippen molar-refractivity contribution in [1.29, 1.82) is 0 Å². The third kappa shape index (κ3) is 2.61. The molecule has 2 N–H and O–H groups in total. The zero-order valence-electron chi connectivity index (χ0n) is 14.2. The zero-order chi connectivity index (χ0) is 17.6. The molecule has 0 aliphatic carbocycles. The number of fused-ring (bicyclic) bond motifs is 2. The minimum Gasteiger partial charge on any atom is -0.484 e. The van der Waals surface area contributed by atoms with Gasteiger partial charge in [-0.25, -0.2) is 4.39 Å². The molecule has 1 unspecified atom stereocenters. The molecule has 0 spiro atoms. The van der Waals surface area contributed by atoms with Gasteiger partial charge in [-0.05, 0) is 37.2 Å². The first-order chi connectivity index (χ1) is 12.1. The van der Waals surface area contributed by atoms with Crippen molar-refractivity contribution in [3.63, 3.8) is 0 Å². The second kappa shape index (κ2) is 6.01. The summed E-state index contributed by atoms with van der Waals surface area (Å²) in [6.45, 7) is 5.72. The van der Waals surface area contributed by atoms with Crippen LogP contribution < -0.4 is 10.6 Å². The molecule has 0 aromatic heterocycles. The van der Waals surface area contributed by atoms with Gasteiger partial charge in [-0.2, -0.15) is 0 Å². The first-order valence-electron chi connectivity index (χ1n) is 8.44. The van der Waals surface area contributed by atoms with E-state index >= 15 is 0 Å². The number of anilines is 1. The van der Waals surface area contributed by atoms with Crippen LogP contribution in [0, 0.1) is 5.82 Å². The Bertz CT molecular complexity index is 905. The number of hydrogen-bond donors (Lipinski definition) is 2. The number of carbonyl (C=O) groups excluding carboxylic acids is 1. The van der Waals surface area contributed by atoms with Crippen molar-refractivity contribution in [3.05, 3.63) is 64.5 Å². The lowest BCUT2D eigenvalue weighted by Crippen LogP contribution is -2.11. The zero-order valence-corrected chi connectivity index (χ0v) is 14.2. The van der Waals surface area contributed by atoms with Crippen LogP contribution in [-0.4, -0.2) is 12.5 Å². The van der Waals surface area contributed by atoms with Gasteiger partial charge >= 0.3 is 0 Å². The van der Waals surface area contributed by atoms with Gasteiger partial charge in [-0.3, -0.25) is 4.79 Å². The molecular formula is C20H19FN2O2. The predicted molar refractivity (Wildman–Crippen MR) is 95.2 cm³/mol. The summed E-state index contributed by atoms with van der Waals surface area (Å²) >= 11 is 0. The normalized spacial score (nSPS) is 20.9. The Morgan fingerprint density at radius 1 is 1.20 bits per heavy atom. The Morgan fingerprint density at radius 2 is 2.04 bits per heavy atom. The van der Waals surface area contributed by atoms with E-state index in [1.165, 1.54) is 17.7 Å². The van der Waals surface area contributed by atoms with Crippen LogP contribution in [0.15, 0.2) is 36.4 Å². The monoisotopic (exact) mass is 338 g/mol. The number of nitrogens with one attached hydrogen (secondary N) is 2. The molecule has 0 saturated heterocycles. The highest BCUT2D eigenvalue weighted by molar-refractivity contribution is 6.36. The molecule has 4 rings (SSSR count). The number of amides is 1. The first kappa shape index (κ1) is 15.8. The van der Waals surface area contributed by atoms with Gasteiger partial charge in [0.2, 0.25) is 0 Å². The third-order valence-electron chi connectivity index (χ3n) is 4.63. The van der Waals surface area contributed by atoms with Crippen molar-refractivity contribution >= 4 is 22.9 Å². The Kier molecular flexibility index (Phi) is 3.81. The molecule has 2 aliphatic rings. The number of hydrogen-bond acceptors (Lipinski definition) is 3. The highest BCUT2D eigenvalue weighted by atomic mass is 19.1. The van der Waals surface area contributed by atoms with E-state index in [1.54, 1.807) is 6.07 Å². The summed E-state index contributed by atoms with van der Waals surface area (Å²) in [5.41, 5.74) is 4.69. The first-order valence-corrected chi connectivity index (χ1v) is 8.44. The summed E-state index contributed by atoms with van der Waals surface area (Å²) in [6, 6.07) is 10.4. The lowest BCUT2D eigenvalue weighted by Gasteiger charge is -2.07. The number of carbonyl (C=O) groups is 1. The van der Waals surface area contributed by atoms with E-state index in [0.717, 1.165) is 24.2 Å². The summed E-state index contributed by atoms with van der Waals surface area (Å²) in [6.07, 6.45) is -0.149. The van der Waals surface area contributed by atoms with Crippen LogP contribution in [0.3, 0.4) is 0 Å².